The lowest BCUT2D eigenvalue weighted by molar-refractivity contribution is 0.0526. The van der Waals surface area contributed by atoms with Crippen molar-refractivity contribution in [3.05, 3.63) is 83.6 Å². The van der Waals surface area contributed by atoms with E-state index in [0.29, 0.717) is 48.6 Å². The molecule has 4 amide bonds. The van der Waals surface area contributed by atoms with Crippen LogP contribution in [0.25, 0.3) is 0 Å². The SMILES string of the molecule is COc1ccc(NC(=O)c2ccc(C(=O)NCCCCNC(=O)OC(C)(C)C)cc2)c(C(=O)Nc2ccccn2)c1. The van der Waals surface area contributed by atoms with E-state index in [0.717, 1.165) is 0 Å². The van der Waals surface area contributed by atoms with Crippen LogP contribution in [0.15, 0.2) is 66.9 Å². The molecule has 3 aromatic rings. The van der Waals surface area contributed by atoms with Gasteiger partial charge < -0.3 is 30.7 Å². The largest absolute Gasteiger partial charge is 0.497 e. The Morgan fingerprint density at radius 3 is 2.05 bits per heavy atom. The van der Waals surface area contributed by atoms with E-state index in [4.69, 9.17) is 9.47 Å². The van der Waals surface area contributed by atoms with Crippen LogP contribution in [-0.2, 0) is 4.74 Å². The lowest BCUT2D eigenvalue weighted by Gasteiger charge is -2.19. The Balaban J connectivity index is 1.52. The summed E-state index contributed by atoms with van der Waals surface area (Å²) in [5, 5.41) is 10.9. The Morgan fingerprint density at radius 1 is 0.780 bits per heavy atom. The van der Waals surface area contributed by atoms with E-state index < -0.39 is 23.5 Å². The van der Waals surface area contributed by atoms with Crippen molar-refractivity contribution in [3.63, 3.8) is 0 Å². The fourth-order valence-corrected chi connectivity index (χ4v) is 3.59. The Morgan fingerprint density at radius 2 is 1.44 bits per heavy atom. The fraction of sp³-hybridized carbons (Fsp3) is 0.300. The first-order valence-electron chi connectivity index (χ1n) is 13.1. The summed E-state index contributed by atoms with van der Waals surface area (Å²) in [6.45, 7) is 6.26. The molecule has 0 fully saturated rings. The molecule has 2 aromatic carbocycles. The van der Waals surface area contributed by atoms with Crippen LogP contribution in [-0.4, -0.2) is 54.6 Å². The molecule has 0 aliphatic carbocycles. The number of nitrogens with zero attached hydrogens (tertiary/aromatic N) is 1. The molecule has 4 N–H and O–H groups in total. The number of carbonyl (C=O) groups excluding carboxylic acids is 4. The van der Waals surface area contributed by atoms with Gasteiger partial charge in [-0.2, -0.15) is 0 Å². The third kappa shape index (κ3) is 9.95. The Labute approximate surface area is 239 Å². The van der Waals surface area contributed by atoms with Crippen LogP contribution in [0.2, 0.25) is 0 Å². The summed E-state index contributed by atoms with van der Waals surface area (Å²) in [5.41, 5.74) is 0.631. The first-order valence-corrected chi connectivity index (χ1v) is 13.1. The van der Waals surface area contributed by atoms with Gasteiger partial charge in [-0.3, -0.25) is 14.4 Å². The minimum absolute atomic E-state index is 0.195. The van der Waals surface area contributed by atoms with Gasteiger partial charge in [0.15, 0.2) is 0 Å². The van der Waals surface area contributed by atoms with Crippen LogP contribution in [0.5, 0.6) is 5.75 Å². The van der Waals surface area contributed by atoms with Gasteiger partial charge in [0.25, 0.3) is 17.7 Å². The second-order valence-electron chi connectivity index (χ2n) is 10.0. The number of hydrogen-bond acceptors (Lipinski definition) is 7. The molecule has 11 heteroatoms. The van der Waals surface area contributed by atoms with E-state index in [1.807, 2.05) is 0 Å². The summed E-state index contributed by atoms with van der Waals surface area (Å²) in [6.07, 6.45) is 2.42. The van der Waals surface area contributed by atoms with E-state index in [-0.39, 0.29) is 17.2 Å². The summed E-state index contributed by atoms with van der Waals surface area (Å²) in [7, 11) is 1.48. The number of aromatic nitrogens is 1. The number of pyridine rings is 1. The van der Waals surface area contributed by atoms with Crippen LogP contribution in [0.1, 0.15) is 64.7 Å². The van der Waals surface area contributed by atoms with E-state index in [1.165, 1.54) is 25.3 Å². The van der Waals surface area contributed by atoms with Crippen molar-refractivity contribution >= 4 is 35.3 Å². The second-order valence-corrected chi connectivity index (χ2v) is 10.0. The normalized spacial score (nSPS) is 10.7. The number of hydrogen-bond donors (Lipinski definition) is 4. The van der Waals surface area contributed by atoms with Crippen LogP contribution in [0.4, 0.5) is 16.3 Å². The number of amides is 4. The highest BCUT2D eigenvalue weighted by Gasteiger charge is 2.18. The number of nitrogens with one attached hydrogen (secondary N) is 4. The Bertz CT molecular complexity index is 1350. The van der Waals surface area contributed by atoms with Crippen LogP contribution in [0, 0.1) is 0 Å². The first kappa shape index (κ1) is 30.6. The standard InChI is InChI=1S/C30H35N5O6/c1-30(2,3)41-29(39)33-18-8-7-17-32-26(36)20-10-12-21(13-11-20)27(37)34-24-15-14-22(40-4)19-23(24)28(38)35-25-9-5-6-16-31-25/h5-6,9-16,19H,7-8,17-18H2,1-4H3,(H,32,36)(H,33,39)(H,34,37)(H,31,35,38). The summed E-state index contributed by atoms with van der Waals surface area (Å²) in [6, 6.07) is 16.0. The summed E-state index contributed by atoms with van der Waals surface area (Å²) in [4.78, 5) is 54.1. The molecule has 1 aromatic heterocycles. The maximum atomic E-state index is 13.0. The number of unbranched alkanes of at least 4 members (excludes halogenated alkanes) is 1. The minimum Gasteiger partial charge on any atom is -0.497 e. The molecule has 0 aliphatic rings. The average molecular weight is 562 g/mol. The van der Waals surface area contributed by atoms with Crippen LogP contribution >= 0.6 is 0 Å². The zero-order chi connectivity index (χ0) is 29.8. The molecule has 41 heavy (non-hydrogen) atoms. The zero-order valence-electron chi connectivity index (χ0n) is 23.6. The van der Waals surface area contributed by atoms with Gasteiger partial charge in [-0.15, -0.1) is 0 Å². The average Bonchev–Trinajstić information content (AvgIpc) is 2.94. The number of carbonyl (C=O) groups is 4. The lowest BCUT2D eigenvalue weighted by Crippen LogP contribution is -2.33. The number of ether oxygens (including phenoxy) is 2. The molecule has 0 radical (unpaired) electrons. The third-order valence-electron chi connectivity index (χ3n) is 5.59. The molecule has 0 spiro atoms. The first-order chi connectivity index (χ1) is 19.6. The fourth-order valence-electron chi connectivity index (χ4n) is 3.59. The quantitative estimate of drug-likeness (QED) is 0.250. The summed E-state index contributed by atoms with van der Waals surface area (Å²) >= 11 is 0. The van der Waals surface area contributed by atoms with Gasteiger partial charge in [0, 0.05) is 30.4 Å². The maximum absolute atomic E-state index is 13.0. The van der Waals surface area contributed by atoms with Crippen molar-refractivity contribution in [1.29, 1.82) is 0 Å². The molecule has 216 valence electrons. The molecule has 0 bridgehead atoms. The van der Waals surface area contributed by atoms with Gasteiger partial charge in [-0.1, -0.05) is 6.07 Å². The number of methoxy groups -OCH3 is 1. The number of alkyl carbamates (subject to hydrolysis) is 1. The van der Waals surface area contributed by atoms with Crippen molar-refractivity contribution in [1.82, 2.24) is 15.6 Å². The molecular formula is C30H35N5O6. The van der Waals surface area contributed by atoms with Gasteiger partial charge >= 0.3 is 6.09 Å². The molecule has 0 aliphatic heterocycles. The van der Waals surface area contributed by atoms with Gasteiger partial charge in [-0.25, -0.2) is 9.78 Å². The molecule has 0 atom stereocenters. The lowest BCUT2D eigenvalue weighted by atomic mass is 10.1. The molecule has 0 saturated heterocycles. The van der Waals surface area contributed by atoms with Crippen molar-refractivity contribution in [2.45, 2.75) is 39.2 Å². The topological polar surface area (TPSA) is 148 Å². The van der Waals surface area contributed by atoms with Gasteiger partial charge in [0.1, 0.15) is 17.2 Å². The van der Waals surface area contributed by atoms with Crippen LogP contribution < -0.4 is 26.0 Å². The van der Waals surface area contributed by atoms with E-state index in [9.17, 15) is 19.2 Å². The van der Waals surface area contributed by atoms with Crippen molar-refractivity contribution < 1.29 is 28.7 Å². The molecule has 11 nitrogen and oxygen atoms in total. The number of rotatable bonds is 11. The number of benzene rings is 2. The highest BCUT2D eigenvalue weighted by molar-refractivity contribution is 6.12. The van der Waals surface area contributed by atoms with Crippen molar-refractivity contribution in [2.75, 3.05) is 30.8 Å². The Kier molecular flexibility index (Phi) is 10.8. The Hall–Kier alpha value is -4.93. The molecular weight excluding hydrogens is 526 g/mol. The summed E-state index contributed by atoms with van der Waals surface area (Å²) < 4.78 is 10.4. The minimum atomic E-state index is -0.552. The highest BCUT2D eigenvalue weighted by atomic mass is 16.6. The zero-order valence-corrected chi connectivity index (χ0v) is 23.6. The second kappa shape index (κ2) is 14.5. The maximum Gasteiger partial charge on any atom is 0.407 e. The van der Waals surface area contributed by atoms with Crippen LogP contribution in [0.3, 0.4) is 0 Å². The molecule has 0 saturated carbocycles. The number of anilines is 2. The predicted molar refractivity (Wildman–Crippen MR) is 155 cm³/mol. The molecule has 0 unspecified atom stereocenters. The smallest absolute Gasteiger partial charge is 0.407 e. The van der Waals surface area contributed by atoms with Gasteiger partial charge in [-0.05, 0) is 88.2 Å². The predicted octanol–water partition coefficient (Wildman–Crippen LogP) is 4.63. The monoisotopic (exact) mass is 561 g/mol. The highest BCUT2D eigenvalue weighted by Crippen LogP contribution is 2.24. The van der Waals surface area contributed by atoms with E-state index >= 15 is 0 Å². The van der Waals surface area contributed by atoms with Crippen molar-refractivity contribution in [3.8, 4) is 5.75 Å². The third-order valence-corrected chi connectivity index (χ3v) is 5.59. The molecule has 1 heterocycles. The van der Waals surface area contributed by atoms with Gasteiger partial charge in [0.2, 0.25) is 0 Å². The van der Waals surface area contributed by atoms with E-state index in [1.54, 1.807) is 69.4 Å². The molecule has 3 rings (SSSR count). The van der Waals surface area contributed by atoms with E-state index in [2.05, 4.69) is 26.3 Å². The van der Waals surface area contributed by atoms with Gasteiger partial charge in [0.05, 0.1) is 18.4 Å². The van der Waals surface area contributed by atoms with Crippen molar-refractivity contribution in [2.24, 2.45) is 0 Å². The summed E-state index contributed by atoms with van der Waals surface area (Å²) in [5.74, 6) is -0.384.